The highest BCUT2D eigenvalue weighted by molar-refractivity contribution is 7.84. The Labute approximate surface area is 145 Å². The predicted octanol–water partition coefficient (Wildman–Crippen LogP) is 2.72. The zero-order valence-corrected chi connectivity index (χ0v) is 15.4. The van der Waals surface area contributed by atoms with Gasteiger partial charge < -0.3 is 9.64 Å². The molecule has 1 aromatic heterocycles. The maximum Gasteiger partial charge on any atom is 0.253 e. The Morgan fingerprint density at radius 3 is 2.42 bits per heavy atom. The number of rotatable bonds is 5. The summed E-state index contributed by atoms with van der Waals surface area (Å²) in [6.07, 6.45) is 3.37. The van der Waals surface area contributed by atoms with Gasteiger partial charge in [0.05, 0.1) is 19.3 Å². The molecule has 0 N–H and O–H groups in total. The average Bonchev–Trinajstić information content (AvgIpc) is 2.57. The molecule has 0 aliphatic heterocycles. The maximum absolute atomic E-state index is 12.6. The van der Waals surface area contributed by atoms with Crippen LogP contribution in [0.25, 0.3) is 0 Å². The quantitative estimate of drug-likeness (QED) is 0.835. The third-order valence-electron chi connectivity index (χ3n) is 3.92. The first-order valence-corrected chi connectivity index (χ1v) is 9.09. The number of methoxy groups -OCH3 is 1. The number of carbonyl (C=O) groups is 1. The molecule has 1 atom stereocenters. The molecule has 0 saturated heterocycles. The number of benzene rings is 1. The Morgan fingerprint density at radius 2 is 1.88 bits per heavy atom. The van der Waals surface area contributed by atoms with Crippen LogP contribution in [0.4, 0.5) is 0 Å². The van der Waals surface area contributed by atoms with Crippen molar-refractivity contribution in [1.82, 2.24) is 9.88 Å². The minimum absolute atomic E-state index is 0.107. The van der Waals surface area contributed by atoms with Crippen LogP contribution >= 0.6 is 0 Å². The van der Waals surface area contributed by atoms with Crippen LogP contribution in [0, 0.1) is 13.8 Å². The molecule has 1 amide bonds. The minimum atomic E-state index is -1.05. The topological polar surface area (TPSA) is 59.5 Å². The van der Waals surface area contributed by atoms with E-state index in [0.29, 0.717) is 17.0 Å². The summed E-state index contributed by atoms with van der Waals surface area (Å²) in [5, 5.41) is 0. The fraction of sp³-hybridized carbons (Fsp3) is 0.333. The van der Waals surface area contributed by atoms with Gasteiger partial charge in [-0.25, -0.2) is 0 Å². The standard InChI is InChI=1S/C18H22N2O3S/c1-12-10-19-16(13(2)17(12)23-4)11-20(3)18(21)14-6-8-15(9-7-14)24(5)22/h6-10H,11H2,1-5H3/t24-/m0/s1. The van der Waals surface area contributed by atoms with Crippen LogP contribution in [0.15, 0.2) is 35.4 Å². The summed E-state index contributed by atoms with van der Waals surface area (Å²) in [5.74, 6) is 0.694. The first-order chi connectivity index (χ1) is 11.3. The summed E-state index contributed by atoms with van der Waals surface area (Å²) in [6, 6.07) is 6.84. The highest BCUT2D eigenvalue weighted by Crippen LogP contribution is 2.24. The van der Waals surface area contributed by atoms with Gasteiger partial charge in [-0.2, -0.15) is 0 Å². The molecule has 2 aromatic rings. The number of nitrogens with zero attached hydrogens (tertiary/aromatic N) is 2. The summed E-state index contributed by atoms with van der Waals surface area (Å²) in [7, 11) is 2.32. The Kier molecular flexibility index (Phi) is 5.72. The number of aryl methyl sites for hydroxylation is 1. The number of ether oxygens (including phenoxy) is 1. The summed E-state index contributed by atoms with van der Waals surface area (Å²) in [4.78, 5) is 19.3. The molecule has 24 heavy (non-hydrogen) atoms. The van der Waals surface area contributed by atoms with Crippen LogP contribution in [0.2, 0.25) is 0 Å². The number of hydrogen-bond acceptors (Lipinski definition) is 4. The number of hydrogen-bond donors (Lipinski definition) is 0. The van der Waals surface area contributed by atoms with E-state index in [4.69, 9.17) is 4.74 Å². The van der Waals surface area contributed by atoms with Gasteiger partial charge in [0.2, 0.25) is 0 Å². The summed E-state index contributed by atoms with van der Waals surface area (Å²) < 4.78 is 16.8. The van der Waals surface area contributed by atoms with Crippen LogP contribution in [-0.4, -0.2) is 40.4 Å². The minimum Gasteiger partial charge on any atom is -0.496 e. The maximum atomic E-state index is 12.6. The van der Waals surface area contributed by atoms with E-state index in [1.165, 1.54) is 0 Å². The van der Waals surface area contributed by atoms with Gasteiger partial charge in [0.25, 0.3) is 5.91 Å². The van der Waals surface area contributed by atoms with Crippen molar-refractivity contribution >= 4 is 16.7 Å². The summed E-state index contributed by atoms with van der Waals surface area (Å²) in [6.45, 7) is 4.28. The number of carbonyl (C=O) groups excluding carboxylic acids is 1. The molecule has 0 aliphatic rings. The lowest BCUT2D eigenvalue weighted by atomic mass is 10.1. The number of pyridine rings is 1. The molecule has 2 rings (SSSR count). The molecule has 128 valence electrons. The van der Waals surface area contributed by atoms with Crippen molar-refractivity contribution in [3.05, 3.63) is 52.8 Å². The SMILES string of the molecule is COc1c(C)cnc(CN(C)C(=O)c2ccc([S@](C)=O)cc2)c1C. The van der Waals surface area contributed by atoms with Gasteiger partial charge >= 0.3 is 0 Å². The van der Waals surface area contributed by atoms with E-state index in [9.17, 15) is 9.00 Å². The fourth-order valence-corrected chi connectivity index (χ4v) is 3.06. The second-order valence-electron chi connectivity index (χ2n) is 5.69. The van der Waals surface area contributed by atoms with Crippen molar-refractivity contribution in [1.29, 1.82) is 0 Å². The molecule has 6 heteroatoms. The van der Waals surface area contributed by atoms with Crippen molar-refractivity contribution in [2.24, 2.45) is 0 Å². The number of amides is 1. The molecule has 0 saturated carbocycles. The van der Waals surface area contributed by atoms with Gasteiger partial charge in [0.1, 0.15) is 5.75 Å². The Balaban J connectivity index is 2.19. The van der Waals surface area contributed by atoms with Gasteiger partial charge in [0.15, 0.2) is 0 Å². The van der Waals surface area contributed by atoms with Crippen LogP contribution in [0.3, 0.4) is 0 Å². The van der Waals surface area contributed by atoms with Gasteiger partial charge in [-0.15, -0.1) is 0 Å². The normalized spacial score (nSPS) is 11.9. The van der Waals surface area contributed by atoms with Gasteiger partial charge in [-0.3, -0.25) is 14.0 Å². The lowest BCUT2D eigenvalue weighted by molar-refractivity contribution is 0.0783. The molecule has 5 nitrogen and oxygen atoms in total. The summed E-state index contributed by atoms with van der Waals surface area (Å²) >= 11 is 0. The molecule has 0 aliphatic carbocycles. The average molecular weight is 346 g/mol. The highest BCUT2D eigenvalue weighted by atomic mass is 32.2. The molecule has 0 bridgehead atoms. The molecule has 0 fully saturated rings. The third kappa shape index (κ3) is 3.82. The largest absolute Gasteiger partial charge is 0.496 e. The van der Waals surface area contributed by atoms with E-state index < -0.39 is 10.8 Å². The van der Waals surface area contributed by atoms with E-state index in [-0.39, 0.29) is 5.91 Å². The van der Waals surface area contributed by atoms with Crippen LogP contribution in [-0.2, 0) is 17.3 Å². The fourth-order valence-electron chi connectivity index (χ4n) is 2.54. The number of aromatic nitrogens is 1. The lowest BCUT2D eigenvalue weighted by Gasteiger charge is -2.19. The Hall–Kier alpha value is -2.21. The third-order valence-corrected chi connectivity index (χ3v) is 4.85. The Morgan fingerprint density at radius 1 is 1.25 bits per heavy atom. The second kappa shape index (κ2) is 7.57. The van der Waals surface area contributed by atoms with Gasteiger partial charge in [-0.1, -0.05) is 0 Å². The monoisotopic (exact) mass is 346 g/mol. The van der Waals surface area contributed by atoms with Crippen molar-refractivity contribution in [2.45, 2.75) is 25.3 Å². The highest BCUT2D eigenvalue weighted by Gasteiger charge is 2.16. The van der Waals surface area contributed by atoms with Crippen LogP contribution < -0.4 is 4.74 Å². The van der Waals surface area contributed by atoms with Crippen LogP contribution in [0.5, 0.6) is 5.75 Å². The molecule has 1 aromatic carbocycles. The first-order valence-electron chi connectivity index (χ1n) is 7.53. The molecule has 0 radical (unpaired) electrons. The molecular weight excluding hydrogens is 324 g/mol. The van der Waals surface area contributed by atoms with Crippen molar-refractivity contribution in [3.63, 3.8) is 0 Å². The van der Waals surface area contributed by atoms with E-state index in [1.807, 2.05) is 13.8 Å². The van der Waals surface area contributed by atoms with Crippen molar-refractivity contribution in [3.8, 4) is 5.75 Å². The zero-order chi connectivity index (χ0) is 17.9. The van der Waals surface area contributed by atoms with E-state index >= 15 is 0 Å². The second-order valence-corrected chi connectivity index (χ2v) is 7.07. The molecule has 0 spiro atoms. The smallest absolute Gasteiger partial charge is 0.253 e. The van der Waals surface area contributed by atoms with E-state index in [2.05, 4.69) is 4.98 Å². The van der Waals surface area contributed by atoms with E-state index in [1.54, 1.807) is 55.8 Å². The lowest BCUT2D eigenvalue weighted by Crippen LogP contribution is -2.27. The van der Waals surface area contributed by atoms with Crippen LogP contribution in [0.1, 0.15) is 27.2 Å². The molecule has 0 unspecified atom stereocenters. The summed E-state index contributed by atoms with van der Waals surface area (Å²) in [5.41, 5.74) is 3.27. The van der Waals surface area contributed by atoms with Gasteiger partial charge in [0, 0.05) is 51.9 Å². The van der Waals surface area contributed by atoms with Crippen molar-refractivity contribution in [2.75, 3.05) is 20.4 Å². The van der Waals surface area contributed by atoms with Gasteiger partial charge in [-0.05, 0) is 38.1 Å². The molecular formula is C18H22N2O3S. The van der Waals surface area contributed by atoms with E-state index in [0.717, 1.165) is 22.6 Å². The van der Waals surface area contributed by atoms with Crippen molar-refractivity contribution < 1.29 is 13.7 Å². The zero-order valence-electron chi connectivity index (χ0n) is 14.6. The Bertz CT molecular complexity index is 773. The predicted molar refractivity (Wildman–Crippen MR) is 94.8 cm³/mol. The molecule has 1 heterocycles. The first kappa shape index (κ1) is 18.1.